The van der Waals surface area contributed by atoms with Crippen LogP contribution in [0.15, 0.2) is 72.8 Å². The van der Waals surface area contributed by atoms with Crippen LogP contribution in [0.1, 0.15) is 51.5 Å². The Morgan fingerprint density at radius 3 is 1.70 bits per heavy atom. The summed E-state index contributed by atoms with van der Waals surface area (Å²) >= 11 is 4.26. The molecule has 3 aromatic carbocycles. The maximum absolute atomic E-state index is 15.1. The highest BCUT2D eigenvalue weighted by Gasteiger charge is 2.18. The molecule has 0 spiro atoms. The lowest BCUT2D eigenvalue weighted by Gasteiger charge is -2.07. The molecule has 8 heteroatoms. The Morgan fingerprint density at radius 1 is 0.605 bits per heavy atom. The number of hydrogen-bond donors (Lipinski definition) is 0. The van der Waals surface area contributed by atoms with E-state index in [1.807, 2.05) is 42.5 Å². The smallest absolute Gasteiger partial charge is 0.135 e. The van der Waals surface area contributed by atoms with Crippen molar-refractivity contribution in [2.75, 3.05) is 6.61 Å². The minimum Gasteiger partial charge on any atom is -0.493 e. The van der Waals surface area contributed by atoms with Gasteiger partial charge in [0.05, 0.1) is 18.3 Å². The van der Waals surface area contributed by atoms with E-state index in [9.17, 15) is 0 Å². The van der Waals surface area contributed by atoms with Crippen molar-refractivity contribution >= 4 is 45.4 Å². The van der Waals surface area contributed by atoms with Crippen LogP contribution in [0.4, 0.5) is 8.78 Å². The number of unbranched alkanes of at least 4 members (excludes halogenated alkanes) is 3. The normalized spacial score (nSPS) is 11.4. The molecule has 0 atom stereocenters. The van der Waals surface area contributed by atoms with E-state index in [2.05, 4.69) is 34.7 Å². The zero-order valence-corrected chi connectivity index (χ0v) is 26.6. The Labute approximate surface area is 263 Å². The van der Waals surface area contributed by atoms with Gasteiger partial charge in [-0.3, -0.25) is 0 Å². The number of benzene rings is 3. The van der Waals surface area contributed by atoms with Gasteiger partial charge in [-0.2, -0.15) is 8.75 Å². The molecule has 0 radical (unpaired) electrons. The summed E-state index contributed by atoms with van der Waals surface area (Å²) in [5, 5.41) is 0. The highest BCUT2D eigenvalue weighted by molar-refractivity contribution is 7.19. The van der Waals surface area contributed by atoms with Gasteiger partial charge in [0.2, 0.25) is 0 Å². The van der Waals surface area contributed by atoms with Crippen molar-refractivity contribution in [3.63, 3.8) is 0 Å². The molecule has 0 aliphatic heterocycles. The zero-order chi connectivity index (χ0) is 29.8. The first-order chi connectivity index (χ1) is 21.1. The molecule has 0 saturated heterocycles. The summed E-state index contributed by atoms with van der Waals surface area (Å²) in [6.07, 6.45) is 6.27. The Kier molecular flexibility index (Phi) is 9.26. The minimum absolute atomic E-state index is 0.179. The van der Waals surface area contributed by atoms with Gasteiger partial charge < -0.3 is 4.74 Å². The molecule has 43 heavy (non-hydrogen) atoms. The van der Waals surface area contributed by atoms with E-state index in [0.717, 1.165) is 85.8 Å². The summed E-state index contributed by atoms with van der Waals surface area (Å²) in [5.74, 6) is 0.0762. The first-order valence-electron chi connectivity index (χ1n) is 14.7. The molecule has 0 saturated carbocycles. The molecule has 220 valence electrons. The molecule has 0 N–H and O–H groups in total. The first kappa shape index (κ1) is 29.6. The largest absolute Gasteiger partial charge is 0.493 e. The van der Waals surface area contributed by atoms with Gasteiger partial charge in [-0.15, -0.1) is 22.7 Å². The van der Waals surface area contributed by atoms with Crippen LogP contribution in [-0.2, 0) is 6.42 Å². The Morgan fingerprint density at radius 2 is 1.14 bits per heavy atom. The monoisotopic (exact) mass is 630 g/mol. The average molecular weight is 631 g/mol. The molecule has 6 aromatic rings. The van der Waals surface area contributed by atoms with Gasteiger partial charge >= 0.3 is 0 Å². The molecule has 0 bridgehead atoms. The van der Waals surface area contributed by atoms with E-state index in [-0.39, 0.29) is 11.6 Å². The summed E-state index contributed by atoms with van der Waals surface area (Å²) in [7, 11) is 0. The van der Waals surface area contributed by atoms with Crippen molar-refractivity contribution in [3.05, 3.63) is 90.0 Å². The van der Waals surface area contributed by atoms with Crippen LogP contribution in [0.2, 0.25) is 0 Å². The zero-order valence-electron chi connectivity index (χ0n) is 24.2. The molecule has 6 rings (SSSR count). The fourth-order valence-electron chi connectivity index (χ4n) is 5.13. The van der Waals surface area contributed by atoms with Crippen molar-refractivity contribution in [2.45, 2.75) is 52.4 Å². The van der Waals surface area contributed by atoms with Crippen LogP contribution in [-0.4, -0.2) is 15.4 Å². The van der Waals surface area contributed by atoms with Crippen molar-refractivity contribution in [1.82, 2.24) is 8.75 Å². The van der Waals surface area contributed by atoms with Gasteiger partial charge in [-0.05, 0) is 67.3 Å². The van der Waals surface area contributed by atoms with Gasteiger partial charge in [0, 0.05) is 47.8 Å². The molecule has 0 aliphatic rings. The Hall–Kier alpha value is -3.46. The second kappa shape index (κ2) is 13.5. The topological polar surface area (TPSA) is 35.0 Å². The molecule has 0 aliphatic carbocycles. The number of aryl methyl sites for hydroxylation is 1. The summed E-state index contributed by atoms with van der Waals surface area (Å²) in [5.41, 5.74) is 5.79. The Balaban J connectivity index is 1.25. The lowest BCUT2D eigenvalue weighted by molar-refractivity contribution is 0.308. The van der Waals surface area contributed by atoms with Crippen molar-refractivity contribution in [3.8, 4) is 47.5 Å². The van der Waals surface area contributed by atoms with Crippen LogP contribution >= 0.6 is 34.4 Å². The SMILES string of the molecule is CCCCCc1ccc(-c2ccc(-c3ccc(-c4ccc(-c5ccc(OCCCC)cc5F)s4)c4nsnc34)s2)c(F)c1. The standard InChI is InChI=1S/C35H32F2N2OS3/c1-3-5-7-8-22-9-11-24(28(36)20-22)30-15-17-32(41-30)26-13-14-27(35-34(26)38-43-39-35)33-18-16-31(42-33)25-12-10-23(21-29(25)37)40-19-6-4-2/h9-18,20-21H,3-8,19H2,1-2H3. The van der Waals surface area contributed by atoms with Crippen LogP contribution < -0.4 is 4.74 Å². The van der Waals surface area contributed by atoms with Gasteiger partial charge in [0.25, 0.3) is 0 Å². The molecule has 3 heterocycles. The van der Waals surface area contributed by atoms with Crippen molar-refractivity contribution in [2.24, 2.45) is 0 Å². The number of halogens is 2. The highest BCUT2D eigenvalue weighted by Crippen LogP contribution is 2.43. The number of rotatable bonds is 12. The second-order valence-electron chi connectivity index (χ2n) is 10.6. The molecule has 0 unspecified atom stereocenters. The van der Waals surface area contributed by atoms with Crippen molar-refractivity contribution < 1.29 is 13.5 Å². The molecule has 0 fully saturated rings. The minimum atomic E-state index is -0.297. The highest BCUT2D eigenvalue weighted by atomic mass is 32.1. The van der Waals surface area contributed by atoms with E-state index < -0.39 is 0 Å². The van der Waals surface area contributed by atoms with Crippen LogP contribution in [0.25, 0.3) is 52.8 Å². The molecule has 3 aromatic heterocycles. The van der Waals surface area contributed by atoms with E-state index in [0.29, 0.717) is 23.5 Å². The third kappa shape index (κ3) is 6.42. The van der Waals surface area contributed by atoms with E-state index >= 15 is 8.78 Å². The summed E-state index contributed by atoms with van der Waals surface area (Å²) in [6, 6.07) is 22.8. The Bertz CT molecular complexity index is 1720. The van der Waals surface area contributed by atoms with E-state index in [1.165, 1.54) is 29.1 Å². The fraction of sp³-hybridized carbons (Fsp3) is 0.257. The third-order valence-electron chi connectivity index (χ3n) is 7.50. The number of hydrogen-bond acceptors (Lipinski definition) is 6. The second-order valence-corrected chi connectivity index (χ2v) is 13.3. The van der Waals surface area contributed by atoms with Gasteiger partial charge in [0.1, 0.15) is 28.4 Å². The van der Waals surface area contributed by atoms with Gasteiger partial charge in [-0.25, -0.2) is 8.78 Å². The number of ether oxygens (including phenoxy) is 1. The van der Waals surface area contributed by atoms with Crippen molar-refractivity contribution in [1.29, 1.82) is 0 Å². The number of thiophene rings is 2. The van der Waals surface area contributed by atoms with E-state index in [1.54, 1.807) is 23.5 Å². The maximum Gasteiger partial charge on any atom is 0.135 e. The third-order valence-corrected chi connectivity index (χ3v) is 10.3. The lowest BCUT2D eigenvalue weighted by Crippen LogP contribution is -1.97. The summed E-state index contributed by atoms with van der Waals surface area (Å²) in [4.78, 5) is 3.74. The lowest BCUT2D eigenvalue weighted by atomic mass is 10.0. The van der Waals surface area contributed by atoms with Crippen LogP contribution in [0, 0.1) is 11.6 Å². The number of aromatic nitrogens is 2. The van der Waals surface area contributed by atoms with Gasteiger partial charge in [-0.1, -0.05) is 57.4 Å². The van der Waals surface area contributed by atoms with Crippen LogP contribution in [0.5, 0.6) is 5.75 Å². The predicted octanol–water partition coefficient (Wildman–Crippen LogP) is 11.7. The number of fused-ring (bicyclic) bond motifs is 1. The van der Waals surface area contributed by atoms with E-state index in [4.69, 9.17) is 4.74 Å². The summed E-state index contributed by atoms with van der Waals surface area (Å²) in [6.45, 7) is 4.86. The first-order valence-corrected chi connectivity index (χ1v) is 17.1. The predicted molar refractivity (Wildman–Crippen MR) is 178 cm³/mol. The molecule has 0 amide bonds. The van der Waals surface area contributed by atoms with Crippen LogP contribution in [0.3, 0.4) is 0 Å². The summed E-state index contributed by atoms with van der Waals surface area (Å²) < 4.78 is 45.1. The fourth-order valence-corrected chi connectivity index (χ4v) is 7.82. The number of nitrogens with zero attached hydrogens (tertiary/aromatic N) is 2. The maximum atomic E-state index is 15.1. The van der Waals surface area contributed by atoms with Gasteiger partial charge in [0.15, 0.2) is 0 Å². The molecular formula is C35H32F2N2OS3. The quantitative estimate of drug-likeness (QED) is 0.126. The molecular weight excluding hydrogens is 599 g/mol. The molecule has 3 nitrogen and oxygen atoms in total. The average Bonchev–Trinajstić information content (AvgIpc) is 3.79.